The predicted octanol–water partition coefficient (Wildman–Crippen LogP) is 3.21. The summed E-state index contributed by atoms with van der Waals surface area (Å²) in [6.45, 7) is 1.56. The van der Waals surface area contributed by atoms with Crippen molar-refractivity contribution in [2.24, 2.45) is 0 Å². The van der Waals surface area contributed by atoms with Crippen LogP contribution in [0.2, 0.25) is 0 Å². The highest BCUT2D eigenvalue weighted by atomic mass is 16.5. The van der Waals surface area contributed by atoms with E-state index >= 15 is 0 Å². The lowest BCUT2D eigenvalue weighted by Crippen LogP contribution is -2.21. The number of hydrogen-bond acceptors (Lipinski definition) is 6. The summed E-state index contributed by atoms with van der Waals surface area (Å²) in [7, 11) is 0. The zero-order valence-electron chi connectivity index (χ0n) is 15.2. The van der Waals surface area contributed by atoms with Crippen LogP contribution in [0.4, 0.5) is 5.69 Å². The van der Waals surface area contributed by atoms with Crippen LogP contribution in [0.3, 0.4) is 0 Å². The Labute approximate surface area is 161 Å². The molecule has 3 aromatic rings. The molecule has 7 nitrogen and oxygen atoms in total. The number of rotatable bonds is 6. The number of pyridine rings is 1. The Morgan fingerprint density at radius 3 is 2.39 bits per heavy atom. The fraction of sp³-hybridized carbons (Fsp3) is 0.143. The van der Waals surface area contributed by atoms with E-state index in [1.165, 1.54) is 0 Å². The number of fused-ring (bicyclic) bond motifs is 1. The summed E-state index contributed by atoms with van der Waals surface area (Å²) in [6, 6.07) is 16.9. The van der Waals surface area contributed by atoms with Crippen LogP contribution in [0.15, 0.2) is 60.7 Å². The molecule has 0 radical (unpaired) electrons. The van der Waals surface area contributed by atoms with Gasteiger partial charge in [-0.05, 0) is 43.3 Å². The minimum Gasteiger partial charge on any atom is -0.462 e. The molecule has 0 fully saturated rings. The molecule has 0 atom stereocenters. The molecule has 1 heterocycles. The highest BCUT2D eigenvalue weighted by molar-refractivity contribution is 5.96. The van der Waals surface area contributed by atoms with Gasteiger partial charge in [0.05, 0.1) is 17.7 Å². The standard InChI is InChI=1S/C21H18N2O5/c1-2-27-20(25)15-7-10-16(11-8-15)22-19(24)13-28-21(26)18-12-9-14-5-3-4-6-17(14)23-18/h3-12H,2,13H2,1H3,(H,22,24). The van der Waals surface area contributed by atoms with Crippen LogP contribution in [0.5, 0.6) is 0 Å². The van der Waals surface area contributed by atoms with Gasteiger partial charge in [0.15, 0.2) is 6.61 Å². The number of esters is 2. The van der Waals surface area contributed by atoms with Crippen molar-refractivity contribution in [2.75, 3.05) is 18.5 Å². The van der Waals surface area contributed by atoms with E-state index in [9.17, 15) is 14.4 Å². The van der Waals surface area contributed by atoms with Crippen LogP contribution in [0.25, 0.3) is 10.9 Å². The minimum atomic E-state index is -0.682. The first-order valence-corrected chi connectivity index (χ1v) is 8.67. The fourth-order valence-corrected chi connectivity index (χ4v) is 2.49. The molecule has 0 spiro atoms. The van der Waals surface area contributed by atoms with E-state index in [0.717, 1.165) is 5.39 Å². The normalized spacial score (nSPS) is 10.3. The maximum Gasteiger partial charge on any atom is 0.357 e. The maximum atomic E-state index is 12.1. The minimum absolute atomic E-state index is 0.130. The Balaban J connectivity index is 1.54. The number of carbonyl (C=O) groups excluding carboxylic acids is 3. The third-order valence-corrected chi connectivity index (χ3v) is 3.82. The van der Waals surface area contributed by atoms with Gasteiger partial charge in [-0.2, -0.15) is 0 Å². The van der Waals surface area contributed by atoms with Gasteiger partial charge in [-0.1, -0.05) is 24.3 Å². The quantitative estimate of drug-likeness (QED) is 0.662. The van der Waals surface area contributed by atoms with Crippen LogP contribution in [-0.4, -0.2) is 36.0 Å². The van der Waals surface area contributed by atoms with Crippen molar-refractivity contribution in [3.63, 3.8) is 0 Å². The number of ether oxygens (including phenoxy) is 2. The summed E-state index contributed by atoms with van der Waals surface area (Å²) in [5, 5.41) is 3.49. The monoisotopic (exact) mass is 378 g/mol. The predicted molar refractivity (Wildman–Crippen MR) is 103 cm³/mol. The average Bonchev–Trinajstić information content (AvgIpc) is 2.72. The largest absolute Gasteiger partial charge is 0.462 e. The van der Waals surface area contributed by atoms with Crippen molar-refractivity contribution in [1.82, 2.24) is 4.98 Å². The third-order valence-electron chi connectivity index (χ3n) is 3.82. The zero-order chi connectivity index (χ0) is 19.9. The molecule has 0 saturated carbocycles. The molecule has 2 aromatic carbocycles. The lowest BCUT2D eigenvalue weighted by Gasteiger charge is -2.08. The van der Waals surface area contributed by atoms with Crippen molar-refractivity contribution in [3.05, 3.63) is 71.9 Å². The summed E-state index contributed by atoms with van der Waals surface area (Å²) >= 11 is 0. The Hall–Kier alpha value is -3.74. The topological polar surface area (TPSA) is 94.6 Å². The molecule has 0 bridgehead atoms. The van der Waals surface area contributed by atoms with E-state index < -0.39 is 24.5 Å². The van der Waals surface area contributed by atoms with Gasteiger partial charge in [0, 0.05) is 11.1 Å². The Bertz CT molecular complexity index is 1010. The molecule has 1 N–H and O–H groups in total. The molecule has 3 rings (SSSR count). The first kappa shape index (κ1) is 19.0. The summed E-state index contributed by atoms with van der Waals surface area (Å²) in [5.41, 5.74) is 1.65. The molecule has 142 valence electrons. The van der Waals surface area contributed by atoms with Gasteiger partial charge in [0.25, 0.3) is 5.91 Å². The van der Waals surface area contributed by atoms with Crippen molar-refractivity contribution in [1.29, 1.82) is 0 Å². The van der Waals surface area contributed by atoms with E-state index in [4.69, 9.17) is 9.47 Å². The number of nitrogens with zero attached hydrogens (tertiary/aromatic N) is 1. The number of anilines is 1. The molecule has 28 heavy (non-hydrogen) atoms. The molecule has 1 aromatic heterocycles. The Morgan fingerprint density at radius 2 is 1.64 bits per heavy atom. The summed E-state index contributed by atoms with van der Waals surface area (Å²) < 4.78 is 9.91. The second kappa shape index (κ2) is 8.77. The van der Waals surface area contributed by atoms with Crippen molar-refractivity contribution < 1.29 is 23.9 Å². The van der Waals surface area contributed by atoms with Gasteiger partial charge >= 0.3 is 11.9 Å². The highest BCUT2D eigenvalue weighted by Crippen LogP contribution is 2.13. The van der Waals surface area contributed by atoms with Crippen molar-refractivity contribution in [2.45, 2.75) is 6.92 Å². The molecule has 1 amide bonds. The zero-order valence-corrected chi connectivity index (χ0v) is 15.2. The summed E-state index contributed by atoms with van der Waals surface area (Å²) in [5.74, 6) is -1.62. The Morgan fingerprint density at radius 1 is 0.893 bits per heavy atom. The average molecular weight is 378 g/mol. The third kappa shape index (κ3) is 4.70. The highest BCUT2D eigenvalue weighted by Gasteiger charge is 2.13. The molecular weight excluding hydrogens is 360 g/mol. The first-order chi connectivity index (χ1) is 13.6. The fourth-order valence-electron chi connectivity index (χ4n) is 2.49. The van der Waals surface area contributed by atoms with E-state index in [2.05, 4.69) is 10.3 Å². The van der Waals surface area contributed by atoms with Crippen molar-refractivity contribution in [3.8, 4) is 0 Å². The molecule has 0 aliphatic carbocycles. The molecule has 7 heteroatoms. The van der Waals surface area contributed by atoms with Gasteiger partial charge in [-0.15, -0.1) is 0 Å². The molecule has 0 saturated heterocycles. The van der Waals surface area contributed by atoms with Gasteiger partial charge < -0.3 is 14.8 Å². The number of nitrogens with one attached hydrogen (secondary N) is 1. The summed E-state index contributed by atoms with van der Waals surface area (Å²) in [6.07, 6.45) is 0. The second-order valence-corrected chi connectivity index (χ2v) is 5.81. The van der Waals surface area contributed by atoms with Crippen LogP contribution in [0.1, 0.15) is 27.8 Å². The number of para-hydroxylation sites is 1. The number of benzene rings is 2. The van der Waals surface area contributed by atoms with Crippen molar-refractivity contribution >= 4 is 34.4 Å². The summed E-state index contributed by atoms with van der Waals surface area (Å²) in [4.78, 5) is 39.9. The number of carbonyl (C=O) groups is 3. The van der Waals surface area contributed by atoms with E-state index in [0.29, 0.717) is 16.8 Å². The molecule has 0 aliphatic heterocycles. The van der Waals surface area contributed by atoms with Crippen LogP contribution in [0, 0.1) is 0 Å². The number of aromatic nitrogens is 1. The van der Waals surface area contributed by atoms with Gasteiger partial charge in [0.1, 0.15) is 5.69 Å². The van der Waals surface area contributed by atoms with Gasteiger partial charge in [-0.25, -0.2) is 14.6 Å². The Kier molecular flexibility index (Phi) is 5.96. The lowest BCUT2D eigenvalue weighted by atomic mass is 10.2. The van der Waals surface area contributed by atoms with E-state index in [-0.39, 0.29) is 12.3 Å². The smallest absolute Gasteiger partial charge is 0.357 e. The second-order valence-electron chi connectivity index (χ2n) is 5.81. The van der Waals surface area contributed by atoms with E-state index in [1.54, 1.807) is 49.4 Å². The maximum absolute atomic E-state index is 12.1. The van der Waals surface area contributed by atoms with Gasteiger partial charge in [-0.3, -0.25) is 4.79 Å². The van der Waals surface area contributed by atoms with Gasteiger partial charge in [0.2, 0.25) is 0 Å². The van der Waals surface area contributed by atoms with Crippen LogP contribution in [-0.2, 0) is 14.3 Å². The molecular formula is C21H18N2O5. The SMILES string of the molecule is CCOC(=O)c1ccc(NC(=O)COC(=O)c2ccc3ccccc3n2)cc1. The van der Waals surface area contributed by atoms with E-state index in [1.807, 2.05) is 18.2 Å². The van der Waals surface area contributed by atoms with Crippen LogP contribution < -0.4 is 5.32 Å². The lowest BCUT2D eigenvalue weighted by molar-refractivity contribution is -0.119. The van der Waals surface area contributed by atoms with Crippen LogP contribution >= 0.6 is 0 Å². The molecule has 0 aliphatic rings. The molecule has 0 unspecified atom stereocenters. The number of amides is 1. The number of hydrogen-bond donors (Lipinski definition) is 1. The first-order valence-electron chi connectivity index (χ1n) is 8.67.